The average molecular weight is 281 g/mol. The molecule has 0 bridgehead atoms. The van der Waals surface area contributed by atoms with Crippen molar-refractivity contribution in [3.63, 3.8) is 0 Å². The van der Waals surface area contributed by atoms with Gasteiger partial charge in [0, 0.05) is 10.8 Å². The number of rotatable bonds is 5. The van der Waals surface area contributed by atoms with Crippen molar-refractivity contribution in [2.45, 2.75) is 12.0 Å². The Morgan fingerprint density at radius 2 is 2.05 bits per heavy atom. The highest BCUT2D eigenvalue weighted by atomic mass is 16.5. The summed E-state index contributed by atoms with van der Waals surface area (Å²) in [7, 11) is 1.27. The lowest BCUT2D eigenvalue weighted by Crippen LogP contribution is -2.26. The van der Waals surface area contributed by atoms with Crippen LogP contribution in [0.15, 0.2) is 60.2 Å². The molecule has 0 spiro atoms. The fourth-order valence-electron chi connectivity index (χ4n) is 2.30. The SMILES string of the molecule is C=C[C@H](c1ccc2ccccc2c1)C(N=[N+]=[N-])C(=O)OC. The second-order valence-corrected chi connectivity index (χ2v) is 4.54. The van der Waals surface area contributed by atoms with Crippen LogP contribution in [0, 0.1) is 0 Å². The summed E-state index contributed by atoms with van der Waals surface area (Å²) in [5.74, 6) is -1.01. The first-order valence-corrected chi connectivity index (χ1v) is 6.44. The molecule has 0 N–H and O–H groups in total. The summed E-state index contributed by atoms with van der Waals surface area (Å²) >= 11 is 0. The Morgan fingerprint density at radius 3 is 2.67 bits per heavy atom. The Bertz CT molecular complexity index is 720. The van der Waals surface area contributed by atoms with Gasteiger partial charge in [-0.05, 0) is 21.9 Å². The summed E-state index contributed by atoms with van der Waals surface area (Å²) in [6.07, 6.45) is 1.60. The van der Waals surface area contributed by atoms with E-state index in [-0.39, 0.29) is 0 Å². The van der Waals surface area contributed by atoms with Crippen LogP contribution in [0.5, 0.6) is 0 Å². The third-order valence-corrected chi connectivity index (χ3v) is 3.37. The molecule has 5 nitrogen and oxygen atoms in total. The normalized spacial score (nSPS) is 13.0. The Kier molecular flexibility index (Phi) is 4.59. The lowest BCUT2D eigenvalue weighted by molar-refractivity contribution is -0.142. The van der Waals surface area contributed by atoms with Crippen molar-refractivity contribution >= 4 is 16.7 Å². The Balaban J connectivity index is 2.48. The van der Waals surface area contributed by atoms with Crippen molar-refractivity contribution in [3.8, 4) is 0 Å². The molecule has 2 atom stereocenters. The molecule has 2 aromatic rings. The molecule has 0 fully saturated rings. The zero-order chi connectivity index (χ0) is 15.2. The zero-order valence-corrected chi connectivity index (χ0v) is 11.6. The summed E-state index contributed by atoms with van der Waals surface area (Å²) in [4.78, 5) is 14.5. The van der Waals surface area contributed by atoms with Gasteiger partial charge in [-0.2, -0.15) is 0 Å². The number of carbonyl (C=O) groups excluding carboxylic acids is 1. The van der Waals surface area contributed by atoms with Crippen molar-refractivity contribution in [1.29, 1.82) is 0 Å². The molecule has 0 heterocycles. The van der Waals surface area contributed by atoms with Gasteiger partial charge in [-0.15, -0.1) is 6.58 Å². The molecule has 0 aliphatic rings. The highest BCUT2D eigenvalue weighted by Gasteiger charge is 2.27. The molecule has 106 valence electrons. The van der Waals surface area contributed by atoms with Gasteiger partial charge in [-0.25, -0.2) is 0 Å². The first kappa shape index (κ1) is 14.6. The monoisotopic (exact) mass is 281 g/mol. The molecule has 0 saturated heterocycles. The van der Waals surface area contributed by atoms with E-state index in [4.69, 9.17) is 10.3 Å². The largest absolute Gasteiger partial charge is 0.469 e. The zero-order valence-electron chi connectivity index (χ0n) is 11.6. The summed E-state index contributed by atoms with van der Waals surface area (Å²) in [6, 6.07) is 12.8. The maximum atomic E-state index is 11.8. The number of hydrogen-bond donors (Lipinski definition) is 0. The highest BCUT2D eigenvalue weighted by molar-refractivity contribution is 5.84. The van der Waals surface area contributed by atoms with E-state index in [1.807, 2.05) is 42.5 Å². The average Bonchev–Trinajstić information content (AvgIpc) is 2.54. The van der Waals surface area contributed by atoms with Crippen LogP contribution in [-0.4, -0.2) is 19.1 Å². The van der Waals surface area contributed by atoms with Crippen LogP contribution in [0.1, 0.15) is 11.5 Å². The number of azide groups is 1. The van der Waals surface area contributed by atoms with Crippen LogP contribution in [0.4, 0.5) is 0 Å². The van der Waals surface area contributed by atoms with Gasteiger partial charge in [0.05, 0.1) is 7.11 Å². The maximum absolute atomic E-state index is 11.8. The summed E-state index contributed by atoms with van der Waals surface area (Å²) in [5.41, 5.74) is 9.51. The second-order valence-electron chi connectivity index (χ2n) is 4.54. The highest BCUT2D eigenvalue weighted by Crippen LogP contribution is 2.27. The van der Waals surface area contributed by atoms with Gasteiger partial charge in [-0.1, -0.05) is 53.7 Å². The Hall–Kier alpha value is -2.78. The molecule has 5 heteroatoms. The number of hydrogen-bond acceptors (Lipinski definition) is 3. The molecule has 0 radical (unpaired) electrons. The van der Waals surface area contributed by atoms with Crippen LogP contribution in [0.2, 0.25) is 0 Å². The molecule has 0 saturated carbocycles. The molecule has 21 heavy (non-hydrogen) atoms. The number of carbonyl (C=O) groups is 1. The Labute approximate surface area is 122 Å². The van der Waals surface area contributed by atoms with E-state index in [0.29, 0.717) is 0 Å². The molecular weight excluding hydrogens is 266 g/mol. The number of nitrogens with zero attached hydrogens (tertiary/aromatic N) is 3. The predicted octanol–water partition coefficient (Wildman–Crippen LogP) is 3.96. The van der Waals surface area contributed by atoms with Gasteiger partial charge in [0.2, 0.25) is 0 Å². The van der Waals surface area contributed by atoms with Crippen molar-refractivity contribution in [3.05, 3.63) is 71.1 Å². The van der Waals surface area contributed by atoms with E-state index in [0.717, 1.165) is 16.3 Å². The van der Waals surface area contributed by atoms with E-state index in [9.17, 15) is 4.79 Å². The van der Waals surface area contributed by atoms with Crippen molar-refractivity contribution in [2.75, 3.05) is 7.11 Å². The molecule has 1 unspecified atom stereocenters. The first-order chi connectivity index (χ1) is 10.2. The Morgan fingerprint density at radius 1 is 1.33 bits per heavy atom. The smallest absolute Gasteiger partial charge is 0.315 e. The van der Waals surface area contributed by atoms with Gasteiger partial charge >= 0.3 is 5.97 Å². The summed E-state index contributed by atoms with van der Waals surface area (Å²) in [6.45, 7) is 3.75. The summed E-state index contributed by atoms with van der Waals surface area (Å²) in [5, 5.41) is 5.70. The minimum Gasteiger partial charge on any atom is -0.469 e. The number of ether oxygens (including phenoxy) is 1. The number of fused-ring (bicyclic) bond motifs is 1. The predicted molar refractivity (Wildman–Crippen MR) is 81.8 cm³/mol. The van der Waals surface area contributed by atoms with Crippen LogP contribution < -0.4 is 0 Å². The van der Waals surface area contributed by atoms with E-state index in [2.05, 4.69) is 16.6 Å². The molecule has 0 aliphatic heterocycles. The van der Waals surface area contributed by atoms with Gasteiger partial charge in [0.15, 0.2) is 0 Å². The van der Waals surface area contributed by atoms with E-state index in [1.54, 1.807) is 6.08 Å². The number of benzene rings is 2. The summed E-state index contributed by atoms with van der Waals surface area (Å²) < 4.78 is 4.71. The van der Waals surface area contributed by atoms with Gasteiger partial charge in [0.25, 0.3) is 0 Å². The van der Waals surface area contributed by atoms with Gasteiger partial charge < -0.3 is 4.74 Å². The van der Waals surface area contributed by atoms with Gasteiger partial charge in [-0.3, -0.25) is 4.79 Å². The lowest BCUT2D eigenvalue weighted by Gasteiger charge is -2.19. The second kappa shape index (κ2) is 6.59. The van der Waals surface area contributed by atoms with E-state index < -0.39 is 17.9 Å². The van der Waals surface area contributed by atoms with Crippen molar-refractivity contribution < 1.29 is 9.53 Å². The molecule has 0 aliphatic carbocycles. The quantitative estimate of drug-likeness (QED) is 0.273. The molecule has 2 aromatic carbocycles. The molecule has 2 rings (SSSR count). The van der Waals surface area contributed by atoms with Gasteiger partial charge in [0.1, 0.15) is 6.04 Å². The fraction of sp³-hybridized carbons (Fsp3) is 0.188. The standard InChI is InChI=1S/C16H15N3O2/c1-3-14(15(18-19-17)16(20)21-2)13-9-8-11-6-4-5-7-12(11)10-13/h3-10,14-15H,1H2,2H3/t14-,15?/m1/s1. The van der Waals surface area contributed by atoms with Crippen molar-refractivity contribution in [1.82, 2.24) is 0 Å². The van der Waals surface area contributed by atoms with Crippen LogP contribution in [-0.2, 0) is 9.53 Å². The first-order valence-electron chi connectivity index (χ1n) is 6.44. The lowest BCUT2D eigenvalue weighted by atomic mass is 9.90. The van der Waals surface area contributed by atoms with E-state index >= 15 is 0 Å². The number of methoxy groups -OCH3 is 1. The third-order valence-electron chi connectivity index (χ3n) is 3.37. The molecule has 0 aromatic heterocycles. The van der Waals surface area contributed by atoms with Crippen molar-refractivity contribution in [2.24, 2.45) is 5.11 Å². The third kappa shape index (κ3) is 3.04. The maximum Gasteiger partial charge on any atom is 0.315 e. The van der Waals surface area contributed by atoms with E-state index in [1.165, 1.54) is 7.11 Å². The van der Waals surface area contributed by atoms with Crippen LogP contribution >= 0.6 is 0 Å². The van der Waals surface area contributed by atoms with Crippen LogP contribution in [0.3, 0.4) is 0 Å². The minimum atomic E-state index is -0.960. The minimum absolute atomic E-state index is 0.432. The fourth-order valence-corrected chi connectivity index (χ4v) is 2.30. The molecule has 0 amide bonds. The molecular formula is C16H15N3O2. The van der Waals surface area contributed by atoms with Crippen LogP contribution in [0.25, 0.3) is 21.2 Å². The number of esters is 1. The topological polar surface area (TPSA) is 75.1 Å².